The van der Waals surface area contributed by atoms with E-state index in [0.29, 0.717) is 18.7 Å². The largest absolute Gasteiger partial charge is 0.376 e. The van der Waals surface area contributed by atoms with E-state index in [1.807, 2.05) is 0 Å². The van der Waals surface area contributed by atoms with E-state index in [1.165, 1.54) is 11.3 Å². The van der Waals surface area contributed by atoms with E-state index in [-0.39, 0.29) is 0 Å². The molecule has 0 aliphatic carbocycles. The molecule has 0 radical (unpaired) electrons. The molecule has 2 atom stereocenters. The summed E-state index contributed by atoms with van der Waals surface area (Å²) >= 11 is 3.66. The van der Waals surface area contributed by atoms with Crippen LogP contribution in [0.15, 0.2) is 22.7 Å². The molecule has 0 aromatic heterocycles. The van der Waals surface area contributed by atoms with Crippen LogP contribution in [0.1, 0.15) is 18.9 Å². The first-order valence-electron chi connectivity index (χ1n) is 6.46. The molecular weight excluding hydrogens is 292 g/mol. The molecule has 1 fully saturated rings. The van der Waals surface area contributed by atoms with Crippen molar-refractivity contribution in [1.82, 2.24) is 0 Å². The second-order valence-electron chi connectivity index (χ2n) is 4.87. The first kappa shape index (κ1) is 13.8. The lowest BCUT2D eigenvalue weighted by Gasteiger charge is -2.29. The fourth-order valence-electron chi connectivity index (χ4n) is 2.57. The van der Waals surface area contributed by atoms with Crippen LogP contribution in [0.5, 0.6) is 0 Å². The minimum Gasteiger partial charge on any atom is -0.376 e. The van der Waals surface area contributed by atoms with Crippen LogP contribution < -0.4 is 10.6 Å². The number of nitrogens with two attached hydrogens (primary N) is 1. The van der Waals surface area contributed by atoms with Crippen molar-refractivity contribution in [3.63, 3.8) is 0 Å². The van der Waals surface area contributed by atoms with E-state index in [9.17, 15) is 0 Å². The zero-order valence-corrected chi connectivity index (χ0v) is 12.6. The molecule has 1 aliphatic rings. The third-order valence-corrected chi connectivity index (χ3v) is 4.29. The fourth-order valence-corrected chi connectivity index (χ4v) is 3.27. The van der Waals surface area contributed by atoms with Crippen molar-refractivity contribution in [3.8, 4) is 0 Å². The van der Waals surface area contributed by atoms with Gasteiger partial charge in [-0.25, -0.2) is 0 Å². The zero-order valence-electron chi connectivity index (χ0n) is 11.0. The first-order chi connectivity index (χ1) is 8.63. The van der Waals surface area contributed by atoms with Crippen LogP contribution in [0.25, 0.3) is 0 Å². The number of hydrogen-bond donors (Lipinski definition) is 1. The molecule has 0 spiro atoms. The number of hydrogen-bond acceptors (Lipinski definition) is 3. The van der Waals surface area contributed by atoms with E-state index in [2.05, 4.69) is 53.0 Å². The number of benzene rings is 1. The molecule has 0 amide bonds. The van der Waals surface area contributed by atoms with Crippen LogP contribution >= 0.6 is 15.9 Å². The molecule has 1 aromatic carbocycles. The molecular formula is C14H21BrN2O. The van der Waals surface area contributed by atoms with Gasteiger partial charge in [0.1, 0.15) is 0 Å². The Balaban J connectivity index is 2.17. The first-order valence-corrected chi connectivity index (χ1v) is 7.25. The molecule has 2 rings (SSSR count). The van der Waals surface area contributed by atoms with Crippen LogP contribution in [0.4, 0.5) is 5.69 Å². The third kappa shape index (κ3) is 2.87. The Bertz CT molecular complexity index is 411. The van der Waals surface area contributed by atoms with Crippen molar-refractivity contribution in [2.45, 2.75) is 31.9 Å². The van der Waals surface area contributed by atoms with Crippen LogP contribution in [-0.2, 0) is 11.2 Å². The van der Waals surface area contributed by atoms with E-state index < -0.39 is 0 Å². The number of likely N-dealkylation sites (N-methyl/N-ethyl adjacent to an activating group) is 1. The highest BCUT2D eigenvalue weighted by Gasteiger charge is 2.28. The highest BCUT2D eigenvalue weighted by Crippen LogP contribution is 2.31. The molecule has 0 saturated carbocycles. The second-order valence-corrected chi connectivity index (χ2v) is 5.72. The predicted molar refractivity (Wildman–Crippen MR) is 79.1 cm³/mol. The highest BCUT2D eigenvalue weighted by atomic mass is 79.9. The minimum absolute atomic E-state index is 0.297. The number of ether oxygens (including phenoxy) is 1. The van der Waals surface area contributed by atoms with Gasteiger partial charge in [-0.2, -0.15) is 0 Å². The molecule has 1 aromatic rings. The van der Waals surface area contributed by atoms with Gasteiger partial charge < -0.3 is 15.4 Å². The Labute approximate surface area is 117 Å². The third-order valence-electron chi connectivity index (χ3n) is 3.66. The van der Waals surface area contributed by atoms with Crippen LogP contribution in [0.3, 0.4) is 0 Å². The van der Waals surface area contributed by atoms with Crippen molar-refractivity contribution < 1.29 is 4.74 Å². The van der Waals surface area contributed by atoms with Gasteiger partial charge in [0, 0.05) is 18.1 Å². The molecule has 1 aliphatic heterocycles. The van der Waals surface area contributed by atoms with Gasteiger partial charge in [-0.15, -0.1) is 0 Å². The molecule has 1 saturated heterocycles. The molecule has 18 heavy (non-hydrogen) atoms. The lowest BCUT2D eigenvalue weighted by Crippen LogP contribution is -2.36. The van der Waals surface area contributed by atoms with E-state index in [0.717, 1.165) is 23.9 Å². The van der Waals surface area contributed by atoms with Gasteiger partial charge in [-0.05, 0) is 59.9 Å². The summed E-state index contributed by atoms with van der Waals surface area (Å²) in [5, 5.41) is 0. The Morgan fingerprint density at radius 3 is 2.83 bits per heavy atom. The summed E-state index contributed by atoms with van der Waals surface area (Å²) in [4.78, 5) is 2.31. The zero-order chi connectivity index (χ0) is 13.1. The van der Waals surface area contributed by atoms with Gasteiger partial charge in [0.25, 0.3) is 0 Å². The molecule has 3 nitrogen and oxygen atoms in total. The Morgan fingerprint density at radius 1 is 1.50 bits per heavy atom. The van der Waals surface area contributed by atoms with E-state index in [4.69, 9.17) is 10.5 Å². The maximum absolute atomic E-state index is 5.64. The summed E-state index contributed by atoms with van der Waals surface area (Å²) in [6, 6.07) is 6.95. The summed E-state index contributed by atoms with van der Waals surface area (Å²) < 4.78 is 6.77. The maximum atomic E-state index is 5.64. The van der Waals surface area contributed by atoms with E-state index in [1.54, 1.807) is 0 Å². The summed E-state index contributed by atoms with van der Waals surface area (Å²) in [6.07, 6.45) is 2.31. The number of nitrogens with zero attached hydrogens (tertiary/aromatic N) is 1. The monoisotopic (exact) mass is 312 g/mol. The quantitative estimate of drug-likeness (QED) is 0.928. The highest BCUT2D eigenvalue weighted by molar-refractivity contribution is 9.10. The van der Waals surface area contributed by atoms with Gasteiger partial charge in [-0.1, -0.05) is 6.07 Å². The predicted octanol–water partition coefficient (Wildman–Crippen LogP) is 2.56. The number of halogens is 1. The van der Waals surface area contributed by atoms with Crippen LogP contribution in [0, 0.1) is 0 Å². The average molecular weight is 313 g/mol. The SMILES string of the molecule is CC1OCCC1N(C)c1ccc(CCN)cc1Br. The lowest BCUT2D eigenvalue weighted by atomic mass is 10.1. The van der Waals surface area contributed by atoms with Gasteiger partial charge in [0.05, 0.1) is 17.8 Å². The molecule has 0 bridgehead atoms. The van der Waals surface area contributed by atoms with Gasteiger partial charge in [-0.3, -0.25) is 0 Å². The summed E-state index contributed by atoms with van der Waals surface area (Å²) in [6.45, 7) is 3.69. The van der Waals surface area contributed by atoms with Crippen molar-refractivity contribution in [2.75, 3.05) is 25.1 Å². The van der Waals surface area contributed by atoms with Crippen molar-refractivity contribution in [3.05, 3.63) is 28.2 Å². The Kier molecular flexibility index (Phi) is 4.65. The summed E-state index contributed by atoms with van der Waals surface area (Å²) in [7, 11) is 2.14. The normalized spacial score (nSPS) is 23.3. The minimum atomic E-state index is 0.297. The van der Waals surface area contributed by atoms with Crippen molar-refractivity contribution in [2.24, 2.45) is 5.73 Å². The van der Waals surface area contributed by atoms with Gasteiger partial charge in [0.2, 0.25) is 0 Å². The molecule has 2 N–H and O–H groups in total. The Hall–Kier alpha value is -0.580. The standard InChI is InChI=1S/C14H21BrN2O/c1-10-13(6-8-18-10)17(2)14-4-3-11(5-7-16)9-12(14)15/h3-4,9-10,13H,5-8,16H2,1-2H3. The van der Waals surface area contributed by atoms with Gasteiger partial charge in [0.15, 0.2) is 0 Å². The molecule has 4 heteroatoms. The topological polar surface area (TPSA) is 38.5 Å². The van der Waals surface area contributed by atoms with Crippen molar-refractivity contribution in [1.29, 1.82) is 0 Å². The number of rotatable bonds is 4. The van der Waals surface area contributed by atoms with Crippen LogP contribution in [0.2, 0.25) is 0 Å². The smallest absolute Gasteiger partial charge is 0.0750 e. The fraction of sp³-hybridized carbons (Fsp3) is 0.571. The lowest BCUT2D eigenvalue weighted by molar-refractivity contribution is 0.118. The molecule has 2 unspecified atom stereocenters. The maximum Gasteiger partial charge on any atom is 0.0750 e. The summed E-state index contributed by atoms with van der Waals surface area (Å²) in [5.74, 6) is 0. The Morgan fingerprint density at radius 2 is 2.28 bits per heavy atom. The number of anilines is 1. The molecule has 1 heterocycles. The van der Waals surface area contributed by atoms with E-state index >= 15 is 0 Å². The summed E-state index contributed by atoms with van der Waals surface area (Å²) in [5.41, 5.74) is 8.08. The van der Waals surface area contributed by atoms with Crippen LogP contribution in [-0.4, -0.2) is 32.3 Å². The second kappa shape index (κ2) is 6.04. The average Bonchev–Trinajstić information content (AvgIpc) is 2.75. The van der Waals surface area contributed by atoms with Crippen molar-refractivity contribution >= 4 is 21.6 Å². The molecule has 100 valence electrons. The van der Waals surface area contributed by atoms with Gasteiger partial charge >= 0.3 is 0 Å².